The zero-order valence-corrected chi connectivity index (χ0v) is 11.2. The van der Waals surface area contributed by atoms with Crippen LogP contribution >= 0.6 is 45.7 Å². The standard InChI is InChI=1S/C10H9IS2/c1-6-5-8(12-2)7-3-4-13-10(7)9(6)11/h3-5H,1-2H3. The Hall–Kier alpha value is 0.260. The van der Waals surface area contributed by atoms with E-state index >= 15 is 0 Å². The van der Waals surface area contributed by atoms with Crippen LogP contribution in [0.3, 0.4) is 0 Å². The third kappa shape index (κ3) is 1.62. The summed E-state index contributed by atoms with van der Waals surface area (Å²) in [5.74, 6) is 0. The Bertz CT molecular complexity index is 445. The number of hydrogen-bond acceptors (Lipinski definition) is 2. The van der Waals surface area contributed by atoms with E-state index in [4.69, 9.17) is 0 Å². The molecule has 0 N–H and O–H groups in total. The minimum absolute atomic E-state index is 1.39. The second kappa shape index (κ2) is 3.79. The SMILES string of the molecule is CSc1cc(C)c(I)c2sccc12. The summed E-state index contributed by atoms with van der Waals surface area (Å²) < 4.78 is 2.84. The van der Waals surface area contributed by atoms with Crippen molar-refractivity contribution in [1.82, 2.24) is 0 Å². The molecule has 0 bridgehead atoms. The number of fused-ring (bicyclic) bond motifs is 1. The summed E-state index contributed by atoms with van der Waals surface area (Å²) in [6, 6.07) is 4.49. The van der Waals surface area contributed by atoms with Gasteiger partial charge in [-0.3, -0.25) is 0 Å². The van der Waals surface area contributed by atoms with Gasteiger partial charge in [-0.05, 0) is 58.8 Å². The van der Waals surface area contributed by atoms with Crippen molar-refractivity contribution in [3.05, 3.63) is 26.6 Å². The normalized spacial score (nSPS) is 11.0. The minimum Gasteiger partial charge on any atom is -0.143 e. The van der Waals surface area contributed by atoms with E-state index in [2.05, 4.69) is 53.3 Å². The molecule has 68 valence electrons. The van der Waals surface area contributed by atoms with Crippen molar-refractivity contribution in [2.24, 2.45) is 0 Å². The highest BCUT2D eigenvalue weighted by atomic mass is 127. The second-order valence-electron chi connectivity index (χ2n) is 2.87. The van der Waals surface area contributed by atoms with Crippen molar-refractivity contribution in [2.45, 2.75) is 11.8 Å². The molecule has 13 heavy (non-hydrogen) atoms. The Morgan fingerprint density at radius 2 is 2.23 bits per heavy atom. The zero-order valence-electron chi connectivity index (χ0n) is 7.43. The summed E-state index contributed by atoms with van der Waals surface area (Å²) in [5, 5.41) is 3.58. The average Bonchev–Trinajstić information content (AvgIpc) is 2.60. The minimum atomic E-state index is 1.39. The molecule has 1 aromatic heterocycles. The summed E-state index contributed by atoms with van der Waals surface area (Å²) in [6.07, 6.45) is 2.14. The monoisotopic (exact) mass is 320 g/mol. The van der Waals surface area contributed by atoms with Crippen molar-refractivity contribution in [3.63, 3.8) is 0 Å². The van der Waals surface area contributed by atoms with Crippen LogP contribution in [-0.2, 0) is 0 Å². The molecule has 0 aliphatic carbocycles. The molecule has 0 nitrogen and oxygen atoms in total. The van der Waals surface area contributed by atoms with Crippen LogP contribution in [0.15, 0.2) is 22.4 Å². The Balaban J connectivity index is 2.87. The van der Waals surface area contributed by atoms with Crippen molar-refractivity contribution in [1.29, 1.82) is 0 Å². The molecule has 0 amide bonds. The fourth-order valence-electron chi connectivity index (χ4n) is 1.36. The lowest BCUT2D eigenvalue weighted by molar-refractivity contribution is 1.40. The first-order chi connectivity index (χ1) is 6.24. The van der Waals surface area contributed by atoms with Crippen molar-refractivity contribution in [2.75, 3.05) is 6.26 Å². The van der Waals surface area contributed by atoms with Gasteiger partial charge in [0.15, 0.2) is 0 Å². The molecular weight excluding hydrogens is 311 g/mol. The molecule has 2 rings (SSSR count). The van der Waals surface area contributed by atoms with Gasteiger partial charge >= 0.3 is 0 Å². The smallest absolute Gasteiger partial charge is 0.0490 e. The van der Waals surface area contributed by atoms with E-state index in [-0.39, 0.29) is 0 Å². The van der Waals surface area contributed by atoms with Gasteiger partial charge in [0, 0.05) is 18.6 Å². The van der Waals surface area contributed by atoms with Crippen LogP contribution in [-0.4, -0.2) is 6.26 Å². The molecule has 0 atom stereocenters. The molecule has 0 spiro atoms. The Labute approximate surface area is 99.9 Å². The van der Waals surface area contributed by atoms with E-state index in [9.17, 15) is 0 Å². The van der Waals surface area contributed by atoms with Gasteiger partial charge < -0.3 is 0 Å². The van der Waals surface area contributed by atoms with E-state index < -0.39 is 0 Å². The maximum absolute atomic E-state index is 2.43. The molecule has 0 unspecified atom stereocenters. The molecule has 0 fully saturated rings. The summed E-state index contributed by atoms with van der Waals surface area (Å²) >= 11 is 6.10. The molecule has 2 aromatic rings. The molecule has 0 radical (unpaired) electrons. The third-order valence-electron chi connectivity index (χ3n) is 2.04. The van der Waals surface area contributed by atoms with Crippen LogP contribution in [0, 0.1) is 10.5 Å². The van der Waals surface area contributed by atoms with E-state index in [1.54, 1.807) is 0 Å². The van der Waals surface area contributed by atoms with Gasteiger partial charge in [-0.25, -0.2) is 0 Å². The van der Waals surface area contributed by atoms with Crippen molar-refractivity contribution < 1.29 is 0 Å². The fraction of sp³-hybridized carbons (Fsp3) is 0.200. The number of aryl methyl sites for hydroxylation is 1. The lowest BCUT2D eigenvalue weighted by atomic mass is 10.2. The van der Waals surface area contributed by atoms with Gasteiger partial charge in [-0.1, -0.05) is 0 Å². The van der Waals surface area contributed by atoms with Crippen LogP contribution < -0.4 is 0 Å². The van der Waals surface area contributed by atoms with Crippen LogP contribution in [0.4, 0.5) is 0 Å². The van der Waals surface area contributed by atoms with Crippen molar-refractivity contribution >= 4 is 55.8 Å². The number of hydrogen-bond donors (Lipinski definition) is 0. The Kier molecular flexibility index (Phi) is 2.86. The van der Waals surface area contributed by atoms with Crippen LogP contribution in [0.1, 0.15) is 5.56 Å². The van der Waals surface area contributed by atoms with Gasteiger partial charge in [0.1, 0.15) is 0 Å². The molecule has 0 saturated carbocycles. The summed E-state index contributed by atoms with van der Waals surface area (Å²) in [6.45, 7) is 2.18. The Morgan fingerprint density at radius 3 is 2.92 bits per heavy atom. The van der Waals surface area contributed by atoms with E-state index in [0.717, 1.165) is 0 Å². The van der Waals surface area contributed by atoms with E-state index in [1.165, 1.54) is 24.1 Å². The zero-order chi connectivity index (χ0) is 9.42. The van der Waals surface area contributed by atoms with Gasteiger partial charge in [-0.15, -0.1) is 23.1 Å². The van der Waals surface area contributed by atoms with Crippen molar-refractivity contribution in [3.8, 4) is 0 Å². The highest BCUT2D eigenvalue weighted by Crippen LogP contribution is 2.35. The first kappa shape index (κ1) is 9.80. The predicted molar refractivity (Wildman–Crippen MR) is 71.1 cm³/mol. The second-order valence-corrected chi connectivity index (χ2v) is 5.72. The topological polar surface area (TPSA) is 0 Å². The van der Waals surface area contributed by atoms with E-state index in [1.807, 2.05) is 23.1 Å². The highest BCUT2D eigenvalue weighted by Gasteiger charge is 2.07. The number of thioether (sulfide) groups is 1. The first-order valence-corrected chi connectivity index (χ1v) is 7.12. The summed E-state index contributed by atoms with van der Waals surface area (Å²) in [7, 11) is 0. The molecule has 0 aliphatic rings. The number of halogens is 1. The lowest BCUT2D eigenvalue weighted by Crippen LogP contribution is -1.82. The molecular formula is C10H9IS2. The number of thiophene rings is 1. The average molecular weight is 320 g/mol. The largest absolute Gasteiger partial charge is 0.143 e. The fourth-order valence-corrected chi connectivity index (χ4v) is 3.85. The van der Waals surface area contributed by atoms with Crippen LogP contribution in [0.25, 0.3) is 10.1 Å². The van der Waals surface area contributed by atoms with Gasteiger partial charge in [-0.2, -0.15) is 0 Å². The number of rotatable bonds is 1. The molecule has 1 heterocycles. The quantitative estimate of drug-likeness (QED) is 0.549. The first-order valence-electron chi connectivity index (χ1n) is 3.94. The van der Waals surface area contributed by atoms with E-state index in [0.29, 0.717) is 0 Å². The van der Waals surface area contributed by atoms with Gasteiger partial charge in [0.05, 0.1) is 0 Å². The predicted octanol–water partition coefficient (Wildman–Crippen LogP) is 4.54. The summed E-state index contributed by atoms with van der Waals surface area (Å²) in [4.78, 5) is 1.40. The maximum Gasteiger partial charge on any atom is 0.0490 e. The van der Waals surface area contributed by atoms with Crippen LogP contribution in [0.2, 0.25) is 0 Å². The Morgan fingerprint density at radius 1 is 1.46 bits per heavy atom. The third-order valence-corrected chi connectivity index (χ3v) is 5.51. The lowest BCUT2D eigenvalue weighted by Gasteiger charge is -2.04. The van der Waals surface area contributed by atoms with Crippen LogP contribution in [0.5, 0.6) is 0 Å². The molecule has 0 aliphatic heterocycles. The molecule has 3 heteroatoms. The molecule has 1 aromatic carbocycles. The molecule has 0 saturated heterocycles. The van der Waals surface area contributed by atoms with Gasteiger partial charge in [0.2, 0.25) is 0 Å². The maximum atomic E-state index is 2.43. The summed E-state index contributed by atoms with van der Waals surface area (Å²) in [5.41, 5.74) is 1.39. The van der Waals surface area contributed by atoms with Gasteiger partial charge in [0.25, 0.3) is 0 Å². The number of benzene rings is 1. The highest BCUT2D eigenvalue weighted by molar-refractivity contribution is 14.1.